The van der Waals surface area contributed by atoms with Crippen LogP contribution in [0.1, 0.15) is 26.2 Å². The molecule has 0 aromatic rings. The molecule has 29 heteroatoms. The summed E-state index contributed by atoms with van der Waals surface area (Å²) in [5.74, 6) is -7.24. The molecule has 5 heterocycles. The second-order valence-electron chi connectivity index (χ2n) is 17.7. The fraction of sp³-hybridized carbons (Fsp3) is 0.900. The number of aliphatic hydroxyl groups excluding tert-OH is 11. The number of aliphatic carboxylic acids is 2. The minimum Gasteiger partial charge on any atom is -0.479 e. The first-order valence-electron chi connectivity index (χ1n) is 22.3. The van der Waals surface area contributed by atoms with E-state index in [0.29, 0.717) is 0 Å². The maximum Gasteiger partial charge on any atom is 0.397 e. The molecule has 69 heavy (non-hydrogen) atoms. The van der Waals surface area contributed by atoms with Crippen LogP contribution in [-0.4, -0.2) is 267 Å². The lowest BCUT2D eigenvalue weighted by Gasteiger charge is -2.43. The van der Waals surface area contributed by atoms with Crippen molar-refractivity contribution >= 4 is 22.3 Å². The van der Waals surface area contributed by atoms with Crippen LogP contribution in [0, 0.1) is 23.7 Å². The van der Waals surface area contributed by atoms with Gasteiger partial charge in [-0.25, -0.2) is 13.8 Å². The van der Waals surface area contributed by atoms with Crippen LogP contribution in [0.4, 0.5) is 0 Å². The molecule has 22 atom stereocenters. The topological polar surface area (TPSA) is 444 Å². The zero-order chi connectivity index (χ0) is 50.9. The third-order valence-electron chi connectivity index (χ3n) is 13.1. The predicted molar refractivity (Wildman–Crippen MR) is 220 cm³/mol. The van der Waals surface area contributed by atoms with E-state index in [1.54, 1.807) is 0 Å². The van der Waals surface area contributed by atoms with Crippen molar-refractivity contribution in [2.45, 2.75) is 136 Å². The van der Waals surface area contributed by atoms with Crippen molar-refractivity contribution in [3.8, 4) is 0 Å². The Morgan fingerprint density at radius 2 is 1.22 bits per heavy atom. The Bertz CT molecular complexity index is 1760. The van der Waals surface area contributed by atoms with Gasteiger partial charge in [0.1, 0.15) is 61.0 Å². The Kier molecular flexibility index (Phi) is 21.7. The van der Waals surface area contributed by atoms with E-state index >= 15 is 0 Å². The predicted octanol–water partition coefficient (Wildman–Crippen LogP) is -6.76. The molecule has 0 aromatic heterocycles. The molecule has 14 unspecified atom stereocenters. The molecular weight excluding hydrogens is 960 g/mol. The van der Waals surface area contributed by atoms with Gasteiger partial charge in [0.15, 0.2) is 18.5 Å². The SMILES string of the molecule is CC1O[C@@H](COCC2C(CCOC[C@@H]3OC(C(=O)O)[C@@H](COC[C@H]4OC(CO)[C@@H](O)CC4CCOCC4OC(C(=O)O)=CC(O)C4O)C(O)C3O)[C@H](O)OC(CO)[C@H]2O)C(O)C(OS(=O)(=O)O)[C@@H]1O. The van der Waals surface area contributed by atoms with Crippen molar-refractivity contribution in [1.82, 2.24) is 0 Å². The standard InChI is InChI=1S/C40H66O28S/c1-16-30(45)37(68-69(56,57)58)35(50)29(63-16)15-61-10-19-18(40(55)67-25(9-42)31(19)46)3-5-60-14-28-34(49)32(47)20(36(66-28)39(53)54)11-62-12-26-17(6-21(43)24(8-41)65-26)2-4-59-13-27-33(48)22(44)7-23(64-27)38(51)52/h7,16-22,24-37,40-50,55H,2-6,8-15H2,1H3,(H,51,52)(H,53,54)(H,56,57,58)/t16?,17?,18?,19?,20-,21-,22?,24?,25?,26+,27?,28-,29-,30+,31-,32?,33?,34?,35?,36?,37?,40+/m0/s1. The Balaban J connectivity index is 1.11. The van der Waals surface area contributed by atoms with Crippen molar-refractivity contribution in [1.29, 1.82) is 0 Å². The highest BCUT2D eigenvalue weighted by molar-refractivity contribution is 7.80. The Hall–Kier alpha value is -2.41. The van der Waals surface area contributed by atoms with Gasteiger partial charge in [0.2, 0.25) is 5.76 Å². The van der Waals surface area contributed by atoms with Gasteiger partial charge in [-0.15, -0.1) is 0 Å². The highest BCUT2D eigenvalue weighted by atomic mass is 32.3. The minimum atomic E-state index is -5.09. The van der Waals surface area contributed by atoms with E-state index in [-0.39, 0.29) is 52.3 Å². The van der Waals surface area contributed by atoms with Crippen molar-refractivity contribution in [2.24, 2.45) is 23.7 Å². The Morgan fingerprint density at radius 3 is 1.84 bits per heavy atom. The second kappa shape index (κ2) is 26.0. The molecule has 5 aliphatic heterocycles. The third kappa shape index (κ3) is 15.1. The van der Waals surface area contributed by atoms with Crippen molar-refractivity contribution in [3.63, 3.8) is 0 Å². The zero-order valence-corrected chi connectivity index (χ0v) is 38.2. The fourth-order valence-electron chi connectivity index (χ4n) is 9.11. The number of ether oxygens (including phenoxy) is 9. The highest BCUT2D eigenvalue weighted by Crippen LogP contribution is 2.35. The third-order valence-corrected chi connectivity index (χ3v) is 13.5. The number of aliphatic hydroxyl groups is 11. The lowest BCUT2D eigenvalue weighted by Crippen LogP contribution is -2.59. The van der Waals surface area contributed by atoms with Crippen molar-refractivity contribution in [3.05, 3.63) is 11.8 Å². The van der Waals surface area contributed by atoms with Gasteiger partial charge >= 0.3 is 22.3 Å². The Morgan fingerprint density at radius 1 is 0.623 bits per heavy atom. The summed E-state index contributed by atoms with van der Waals surface area (Å²) in [5, 5.41) is 135. The van der Waals surface area contributed by atoms with Crippen LogP contribution < -0.4 is 0 Å². The Labute approximate surface area is 395 Å². The number of hydrogen-bond donors (Lipinski definition) is 14. The molecule has 0 saturated carbocycles. The molecule has 0 spiro atoms. The van der Waals surface area contributed by atoms with Crippen LogP contribution in [0.2, 0.25) is 0 Å². The van der Waals surface area contributed by atoms with Crippen LogP contribution in [0.15, 0.2) is 11.8 Å². The van der Waals surface area contributed by atoms with Gasteiger partial charge in [0, 0.05) is 31.0 Å². The summed E-state index contributed by atoms with van der Waals surface area (Å²) in [7, 11) is -5.09. The van der Waals surface area contributed by atoms with E-state index < -0.39 is 195 Å². The van der Waals surface area contributed by atoms with E-state index in [1.807, 2.05) is 0 Å². The summed E-state index contributed by atoms with van der Waals surface area (Å²) >= 11 is 0. The quantitative estimate of drug-likeness (QED) is 0.0316. The summed E-state index contributed by atoms with van der Waals surface area (Å²) in [5.41, 5.74) is 0. The molecule has 4 saturated heterocycles. The van der Waals surface area contributed by atoms with Crippen molar-refractivity contribution < 1.29 is 136 Å². The monoisotopic (exact) mass is 1030 g/mol. The number of hydrogen-bond acceptors (Lipinski definition) is 25. The van der Waals surface area contributed by atoms with Gasteiger partial charge in [-0.2, -0.15) is 8.42 Å². The number of carboxylic acids is 2. The first kappa shape index (κ1) is 57.5. The summed E-state index contributed by atoms with van der Waals surface area (Å²) in [4.78, 5) is 23.7. The summed E-state index contributed by atoms with van der Waals surface area (Å²) in [6.45, 7) is -2.42. The van der Waals surface area contributed by atoms with Crippen LogP contribution in [0.25, 0.3) is 0 Å². The van der Waals surface area contributed by atoms with Gasteiger partial charge in [-0.3, -0.25) is 4.55 Å². The molecule has 0 aliphatic carbocycles. The maximum atomic E-state index is 12.4. The van der Waals surface area contributed by atoms with Crippen LogP contribution in [0.5, 0.6) is 0 Å². The summed E-state index contributed by atoms with van der Waals surface area (Å²) < 4.78 is 86.6. The number of carbonyl (C=O) groups is 2. The summed E-state index contributed by atoms with van der Waals surface area (Å²) in [6.07, 6.45) is -24.4. The molecule has 400 valence electrons. The van der Waals surface area contributed by atoms with Gasteiger partial charge in [-0.05, 0) is 38.2 Å². The average Bonchev–Trinajstić information content (AvgIpc) is 3.29. The lowest BCUT2D eigenvalue weighted by atomic mass is 9.81. The smallest absolute Gasteiger partial charge is 0.397 e. The van der Waals surface area contributed by atoms with Crippen LogP contribution in [0.3, 0.4) is 0 Å². The first-order chi connectivity index (χ1) is 32.6. The molecule has 5 rings (SSSR count). The molecule has 0 aromatic carbocycles. The first-order valence-corrected chi connectivity index (χ1v) is 23.7. The van der Waals surface area contributed by atoms with Gasteiger partial charge in [0.05, 0.1) is 83.4 Å². The average molecular weight is 1030 g/mol. The largest absolute Gasteiger partial charge is 0.479 e. The van der Waals surface area contributed by atoms with E-state index in [1.165, 1.54) is 6.92 Å². The molecule has 0 radical (unpaired) electrons. The van der Waals surface area contributed by atoms with E-state index in [0.717, 1.165) is 6.08 Å². The highest BCUT2D eigenvalue weighted by Gasteiger charge is 2.50. The molecule has 28 nitrogen and oxygen atoms in total. The normalized spacial score (nSPS) is 42.1. The summed E-state index contributed by atoms with van der Waals surface area (Å²) in [6, 6.07) is 0. The molecule has 14 N–H and O–H groups in total. The van der Waals surface area contributed by atoms with Gasteiger partial charge in [0.25, 0.3) is 0 Å². The molecule has 4 fully saturated rings. The van der Waals surface area contributed by atoms with E-state index in [4.69, 9.17) is 47.2 Å². The molecule has 0 amide bonds. The van der Waals surface area contributed by atoms with Gasteiger partial charge in [-0.1, -0.05) is 0 Å². The van der Waals surface area contributed by atoms with Gasteiger partial charge < -0.3 is 109 Å². The molecule has 5 aliphatic rings. The fourth-order valence-corrected chi connectivity index (χ4v) is 9.61. The lowest BCUT2D eigenvalue weighted by molar-refractivity contribution is -0.268. The maximum absolute atomic E-state index is 12.4. The van der Waals surface area contributed by atoms with Crippen LogP contribution >= 0.6 is 0 Å². The molecular formula is C40H66O28S. The van der Waals surface area contributed by atoms with Crippen LogP contribution in [-0.2, 0) is 66.8 Å². The number of carboxylic acid groups (broad SMARTS) is 2. The van der Waals surface area contributed by atoms with E-state index in [2.05, 4.69) is 4.18 Å². The number of rotatable bonds is 24. The minimum absolute atomic E-state index is 0.0188. The second-order valence-corrected chi connectivity index (χ2v) is 18.8. The zero-order valence-electron chi connectivity index (χ0n) is 37.4. The molecule has 0 bridgehead atoms. The van der Waals surface area contributed by atoms with E-state index in [9.17, 15) is 84.4 Å². The van der Waals surface area contributed by atoms with Crippen molar-refractivity contribution in [2.75, 3.05) is 66.1 Å².